The zero-order valence-electron chi connectivity index (χ0n) is 17.8. The van der Waals surface area contributed by atoms with E-state index in [1.807, 2.05) is 31.3 Å². The number of hydrogen-bond donors (Lipinski definition) is 1. The largest absolute Gasteiger partial charge is 0.396 e. The highest BCUT2D eigenvalue weighted by Crippen LogP contribution is 2.26. The number of rotatable bonds is 6. The van der Waals surface area contributed by atoms with Crippen LogP contribution in [0, 0.1) is 11.8 Å². The number of benzene rings is 1. The number of fused-ring (bicyclic) bond motifs is 1. The summed E-state index contributed by atoms with van der Waals surface area (Å²) in [6, 6.07) is 10.1. The van der Waals surface area contributed by atoms with Crippen LogP contribution in [-0.4, -0.2) is 83.3 Å². The van der Waals surface area contributed by atoms with E-state index in [0.29, 0.717) is 18.4 Å². The van der Waals surface area contributed by atoms with Crippen LogP contribution in [0.3, 0.4) is 0 Å². The van der Waals surface area contributed by atoms with Crippen LogP contribution in [0.25, 0.3) is 10.9 Å². The third-order valence-corrected chi connectivity index (χ3v) is 6.89. The summed E-state index contributed by atoms with van der Waals surface area (Å²) in [7, 11) is 1.85. The Morgan fingerprint density at radius 2 is 1.69 bits per heavy atom. The molecule has 0 amide bonds. The molecule has 6 nitrogen and oxygen atoms in total. The molecular formula is C23H34N4O2. The molecule has 3 heterocycles. The molecule has 0 spiro atoms. The summed E-state index contributed by atoms with van der Waals surface area (Å²) in [5, 5.41) is 11.1. The Morgan fingerprint density at radius 1 is 1.00 bits per heavy atom. The molecule has 4 rings (SSSR count). The van der Waals surface area contributed by atoms with Gasteiger partial charge in [-0.2, -0.15) is 0 Å². The van der Waals surface area contributed by atoms with Crippen molar-refractivity contribution in [2.45, 2.75) is 13.5 Å². The molecule has 158 valence electrons. The van der Waals surface area contributed by atoms with Gasteiger partial charge >= 0.3 is 0 Å². The van der Waals surface area contributed by atoms with Crippen LogP contribution in [0.4, 0.5) is 0 Å². The Labute approximate surface area is 173 Å². The summed E-state index contributed by atoms with van der Waals surface area (Å²) in [5.41, 5.74) is 1.91. The lowest BCUT2D eigenvalue weighted by molar-refractivity contribution is 0.106. The van der Waals surface area contributed by atoms with E-state index >= 15 is 0 Å². The minimum atomic E-state index is 0.0865. The molecule has 2 fully saturated rings. The molecule has 1 aromatic carbocycles. The lowest BCUT2D eigenvalue weighted by Gasteiger charge is -2.36. The minimum Gasteiger partial charge on any atom is -0.396 e. The van der Waals surface area contributed by atoms with Crippen LogP contribution in [0.1, 0.15) is 12.5 Å². The van der Waals surface area contributed by atoms with Crippen molar-refractivity contribution in [3.63, 3.8) is 0 Å². The predicted molar refractivity (Wildman–Crippen MR) is 117 cm³/mol. The number of aryl methyl sites for hydroxylation is 1. The lowest BCUT2D eigenvalue weighted by Crippen LogP contribution is -2.48. The number of aliphatic hydroxyl groups is 1. The van der Waals surface area contributed by atoms with E-state index in [-0.39, 0.29) is 12.2 Å². The number of hydrogen-bond acceptors (Lipinski definition) is 5. The summed E-state index contributed by atoms with van der Waals surface area (Å²) in [4.78, 5) is 20.3. The van der Waals surface area contributed by atoms with Crippen molar-refractivity contribution in [1.29, 1.82) is 0 Å². The van der Waals surface area contributed by atoms with E-state index < -0.39 is 0 Å². The molecule has 2 atom stereocenters. The van der Waals surface area contributed by atoms with Gasteiger partial charge in [0.15, 0.2) is 0 Å². The van der Waals surface area contributed by atoms with E-state index in [0.717, 1.165) is 68.8 Å². The number of likely N-dealkylation sites (tertiary alicyclic amines) is 1. The molecule has 2 aliphatic heterocycles. The molecule has 1 aromatic heterocycles. The first-order valence-corrected chi connectivity index (χ1v) is 10.9. The van der Waals surface area contributed by atoms with Gasteiger partial charge in [-0.15, -0.1) is 0 Å². The van der Waals surface area contributed by atoms with E-state index in [4.69, 9.17) is 0 Å². The molecule has 2 unspecified atom stereocenters. The van der Waals surface area contributed by atoms with Crippen LogP contribution in [0.5, 0.6) is 0 Å². The first kappa shape index (κ1) is 20.5. The average molecular weight is 399 g/mol. The van der Waals surface area contributed by atoms with Crippen LogP contribution in [0.15, 0.2) is 35.1 Å². The molecule has 0 bridgehead atoms. The summed E-state index contributed by atoms with van der Waals surface area (Å²) in [6.45, 7) is 11.6. The van der Waals surface area contributed by atoms with E-state index in [1.165, 1.54) is 0 Å². The van der Waals surface area contributed by atoms with Gasteiger partial charge in [0.2, 0.25) is 0 Å². The smallest absolute Gasteiger partial charge is 0.255 e. The highest BCUT2D eigenvalue weighted by Gasteiger charge is 2.34. The van der Waals surface area contributed by atoms with Crippen molar-refractivity contribution >= 4 is 10.9 Å². The summed E-state index contributed by atoms with van der Waals surface area (Å²) >= 11 is 0. The molecule has 2 saturated heterocycles. The maximum absolute atomic E-state index is 12.9. The molecule has 0 radical (unpaired) electrons. The van der Waals surface area contributed by atoms with Gasteiger partial charge < -0.3 is 19.5 Å². The average Bonchev–Trinajstić information content (AvgIpc) is 3.13. The zero-order chi connectivity index (χ0) is 20.4. The molecule has 0 saturated carbocycles. The van der Waals surface area contributed by atoms with Crippen molar-refractivity contribution in [3.05, 3.63) is 46.2 Å². The minimum absolute atomic E-state index is 0.0865. The normalized spacial score (nSPS) is 24.5. The third kappa shape index (κ3) is 4.40. The number of para-hydroxylation sites is 1. The van der Waals surface area contributed by atoms with Gasteiger partial charge in [-0.1, -0.05) is 25.1 Å². The standard InChI is InChI=1S/C23H34N4O2/c1-3-25-8-10-26(11-9-25)14-20-15-27(16-21(20)17-28)13-19-12-18-6-4-5-7-22(18)24(2)23(19)29/h4-7,12,20-21,28H,3,8-11,13-17H2,1-2H3. The Morgan fingerprint density at radius 3 is 2.41 bits per heavy atom. The first-order chi connectivity index (χ1) is 14.1. The van der Waals surface area contributed by atoms with Gasteiger partial charge in [0, 0.05) is 71.6 Å². The maximum atomic E-state index is 12.9. The fourth-order valence-electron chi connectivity index (χ4n) is 5.04. The number of aromatic nitrogens is 1. The second-order valence-electron chi connectivity index (χ2n) is 8.72. The van der Waals surface area contributed by atoms with E-state index in [9.17, 15) is 9.90 Å². The lowest BCUT2D eigenvalue weighted by atomic mass is 9.96. The van der Waals surface area contributed by atoms with Crippen LogP contribution in [0.2, 0.25) is 0 Å². The predicted octanol–water partition coefficient (Wildman–Crippen LogP) is 1.22. The number of nitrogens with zero attached hydrogens (tertiary/aromatic N) is 4. The van der Waals surface area contributed by atoms with Gasteiger partial charge in [0.1, 0.15) is 0 Å². The summed E-state index contributed by atoms with van der Waals surface area (Å²) in [6.07, 6.45) is 0. The van der Waals surface area contributed by atoms with Gasteiger partial charge in [0.05, 0.1) is 5.52 Å². The fourth-order valence-corrected chi connectivity index (χ4v) is 5.04. The number of aliphatic hydroxyl groups excluding tert-OH is 1. The Balaban J connectivity index is 1.43. The summed E-state index contributed by atoms with van der Waals surface area (Å²) < 4.78 is 1.76. The van der Waals surface area contributed by atoms with Crippen molar-refractivity contribution in [1.82, 2.24) is 19.3 Å². The quantitative estimate of drug-likeness (QED) is 0.793. The van der Waals surface area contributed by atoms with Gasteiger partial charge in [0.25, 0.3) is 5.56 Å². The van der Waals surface area contributed by atoms with Crippen molar-refractivity contribution < 1.29 is 5.11 Å². The SMILES string of the molecule is CCN1CCN(CC2CN(Cc3cc4ccccc4n(C)c3=O)CC2CO)CC1. The first-order valence-electron chi connectivity index (χ1n) is 10.9. The van der Waals surface area contributed by atoms with Crippen molar-refractivity contribution in [3.8, 4) is 0 Å². The zero-order valence-corrected chi connectivity index (χ0v) is 17.8. The second kappa shape index (κ2) is 8.96. The van der Waals surface area contributed by atoms with Gasteiger partial charge in [-0.05, 0) is 35.9 Å². The molecule has 6 heteroatoms. The number of piperazine rings is 1. The fraction of sp³-hybridized carbons (Fsp3) is 0.609. The molecule has 0 aliphatic carbocycles. The third-order valence-electron chi connectivity index (χ3n) is 6.89. The highest BCUT2D eigenvalue weighted by molar-refractivity contribution is 5.79. The van der Waals surface area contributed by atoms with E-state index in [1.54, 1.807) is 4.57 Å². The highest BCUT2D eigenvalue weighted by atomic mass is 16.3. The van der Waals surface area contributed by atoms with E-state index in [2.05, 4.69) is 27.7 Å². The topological polar surface area (TPSA) is 52.0 Å². The summed E-state index contributed by atoms with van der Waals surface area (Å²) in [5.74, 6) is 0.765. The van der Waals surface area contributed by atoms with Crippen molar-refractivity contribution in [2.75, 3.05) is 59.0 Å². The number of pyridine rings is 1. The Hall–Kier alpha value is -1.73. The second-order valence-corrected chi connectivity index (χ2v) is 8.72. The number of likely N-dealkylation sites (N-methyl/N-ethyl adjacent to an activating group) is 1. The van der Waals surface area contributed by atoms with Crippen LogP contribution in [-0.2, 0) is 13.6 Å². The van der Waals surface area contributed by atoms with Gasteiger partial charge in [-0.3, -0.25) is 9.69 Å². The Bertz CT molecular complexity index is 888. The molecular weight excluding hydrogens is 364 g/mol. The Kier molecular flexibility index (Phi) is 6.35. The van der Waals surface area contributed by atoms with Crippen LogP contribution >= 0.6 is 0 Å². The van der Waals surface area contributed by atoms with Gasteiger partial charge in [-0.25, -0.2) is 0 Å². The molecule has 29 heavy (non-hydrogen) atoms. The molecule has 2 aromatic rings. The molecule has 1 N–H and O–H groups in total. The maximum Gasteiger partial charge on any atom is 0.255 e. The molecule has 2 aliphatic rings. The van der Waals surface area contributed by atoms with Crippen LogP contribution < -0.4 is 5.56 Å². The monoisotopic (exact) mass is 398 g/mol. The van der Waals surface area contributed by atoms with Crippen molar-refractivity contribution in [2.24, 2.45) is 18.9 Å².